The van der Waals surface area contributed by atoms with Gasteiger partial charge in [0, 0.05) is 31.9 Å². The van der Waals surface area contributed by atoms with E-state index in [0.29, 0.717) is 31.7 Å². The van der Waals surface area contributed by atoms with Crippen LogP contribution in [0.15, 0.2) is 83.8 Å². The van der Waals surface area contributed by atoms with Gasteiger partial charge in [0.15, 0.2) is 0 Å². The second-order valence-corrected chi connectivity index (χ2v) is 10.5. The van der Waals surface area contributed by atoms with E-state index in [4.69, 9.17) is 5.14 Å². The maximum absolute atomic E-state index is 13.4. The lowest BCUT2D eigenvalue weighted by Crippen LogP contribution is -2.73. The molecule has 0 bridgehead atoms. The molecule has 0 radical (unpaired) electrons. The highest BCUT2D eigenvalue weighted by Gasteiger charge is 2.56. The molecule has 2 fully saturated rings. The van der Waals surface area contributed by atoms with Gasteiger partial charge in [0.25, 0.3) is 11.8 Å². The SMILES string of the molecule is NS(=O)(=O)c1ccc(N2CCN(C3(c4ccc(-c5ccccc5)cc4)C(=O)NC(=O)NC3=O)CC2)cc1. The third-order valence-electron chi connectivity index (χ3n) is 6.81. The Bertz CT molecular complexity index is 1430. The van der Waals surface area contributed by atoms with E-state index in [9.17, 15) is 22.8 Å². The number of carbonyl (C=O) groups excluding carboxylic acids is 3. The second-order valence-electron chi connectivity index (χ2n) is 8.90. The van der Waals surface area contributed by atoms with Gasteiger partial charge in [-0.3, -0.25) is 25.1 Å². The van der Waals surface area contributed by atoms with Crippen LogP contribution in [0.4, 0.5) is 10.5 Å². The van der Waals surface area contributed by atoms with Crippen molar-refractivity contribution >= 4 is 33.6 Å². The quantitative estimate of drug-likeness (QED) is 0.433. The standard InChI is InChI=1S/C26H25N5O5S/c27-37(35,36)22-12-10-21(11-13-22)30-14-16-31(17-15-30)26(23(32)28-25(34)29-24(26)33)20-8-6-19(7-9-20)18-4-2-1-3-5-18/h1-13H,14-17H2,(H2,27,35,36)(H2,28,29,32,33,34). The van der Waals surface area contributed by atoms with Gasteiger partial charge in [-0.2, -0.15) is 0 Å². The smallest absolute Gasteiger partial charge is 0.328 e. The lowest BCUT2D eigenvalue weighted by atomic mass is 9.83. The average molecular weight is 520 g/mol. The Morgan fingerprint density at radius 1 is 0.703 bits per heavy atom. The fourth-order valence-electron chi connectivity index (χ4n) is 4.93. The number of piperazine rings is 1. The molecule has 0 unspecified atom stereocenters. The molecular weight excluding hydrogens is 494 g/mol. The van der Waals surface area contributed by atoms with Crippen molar-refractivity contribution in [3.63, 3.8) is 0 Å². The van der Waals surface area contributed by atoms with Crippen LogP contribution in [-0.2, 0) is 25.2 Å². The minimum absolute atomic E-state index is 0.0213. The normalized spacial score (nSPS) is 18.3. The number of imide groups is 2. The van der Waals surface area contributed by atoms with E-state index in [1.54, 1.807) is 29.2 Å². The van der Waals surface area contributed by atoms with E-state index in [0.717, 1.165) is 16.8 Å². The monoisotopic (exact) mass is 519 g/mol. The van der Waals surface area contributed by atoms with E-state index in [1.807, 2.05) is 47.4 Å². The molecule has 2 aliphatic rings. The van der Waals surface area contributed by atoms with Crippen LogP contribution >= 0.6 is 0 Å². The lowest BCUT2D eigenvalue weighted by molar-refractivity contribution is -0.149. The summed E-state index contributed by atoms with van der Waals surface area (Å²) in [7, 11) is -3.79. The molecule has 3 aromatic carbocycles. The minimum atomic E-state index is -3.79. The molecule has 37 heavy (non-hydrogen) atoms. The minimum Gasteiger partial charge on any atom is -0.369 e. The van der Waals surface area contributed by atoms with Gasteiger partial charge in [-0.15, -0.1) is 0 Å². The number of sulfonamides is 1. The van der Waals surface area contributed by atoms with Crippen LogP contribution in [0.3, 0.4) is 0 Å². The molecule has 0 spiro atoms. The third-order valence-corrected chi connectivity index (χ3v) is 7.73. The van der Waals surface area contributed by atoms with Gasteiger partial charge in [-0.05, 0) is 41.0 Å². The molecule has 0 aliphatic carbocycles. The van der Waals surface area contributed by atoms with Crippen molar-refractivity contribution in [1.82, 2.24) is 15.5 Å². The van der Waals surface area contributed by atoms with Gasteiger partial charge in [-0.1, -0.05) is 54.6 Å². The number of amides is 4. The predicted molar refractivity (Wildman–Crippen MR) is 137 cm³/mol. The molecule has 2 saturated heterocycles. The fourth-order valence-corrected chi connectivity index (χ4v) is 5.45. The number of anilines is 1. The number of benzene rings is 3. The topological polar surface area (TPSA) is 142 Å². The Balaban J connectivity index is 1.43. The first-order valence-corrected chi connectivity index (χ1v) is 13.2. The molecule has 10 nitrogen and oxygen atoms in total. The van der Waals surface area contributed by atoms with Gasteiger partial charge < -0.3 is 4.90 Å². The largest absolute Gasteiger partial charge is 0.369 e. The zero-order chi connectivity index (χ0) is 26.2. The first-order chi connectivity index (χ1) is 17.7. The van der Waals surface area contributed by atoms with Crippen LogP contribution in [0.2, 0.25) is 0 Å². The molecule has 0 aromatic heterocycles. The van der Waals surface area contributed by atoms with E-state index < -0.39 is 33.4 Å². The van der Waals surface area contributed by atoms with Gasteiger partial charge in [0.2, 0.25) is 15.6 Å². The Morgan fingerprint density at radius 3 is 1.78 bits per heavy atom. The summed E-state index contributed by atoms with van der Waals surface area (Å²) in [4.78, 5) is 42.5. The number of nitrogens with two attached hydrogens (primary N) is 1. The third kappa shape index (κ3) is 4.48. The van der Waals surface area contributed by atoms with E-state index in [1.165, 1.54) is 12.1 Å². The molecule has 190 valence electrons. The molecule has 0 saturated carbocycles. The number of nitrogens with one attached hydrogen (secondary N) is 2. The Labute approximate surface area is 214 Å². The Kier molecular flexibility index (Phi) is 6.28. The number of hydrogen-bond acceptors (Lipinski definition) is 7. The Hall–Kier alpha value is -4.06. The molecule has 4 amide bonds. The van der Waals surface area contributed by atoms with E-state index in [2.05, 4.69) is 10.6 Å². The summed E-state index contributed by atoms with van der Waals surface area (Å²) < 4.78 is 23.1. The Morgan fingerprint density at radius 2 is 1.24 bits per heavy atom. The number of carbonyl (C=O) groups is 3. The van der Waals surface area contributed by atoms with Crippen LogP contribution < -0.4 is 20.7 Å². The molecule has 3 aromatic rings. The molecular formula is C26H25N5O5S. The van der Waals surface area contributed by atoms with Crippen molar-refractivity contribution in [2.24, 2.45) is 5.14 Å². The summed E-state index contributed by atoms with van der Waals surface area (Å²) in [6, 6.07) is 22.3. The first-order valence-electron chi connectivity index (χ1n) is 11.7. The number of rotatable bonds is 5. The van der Waals surface area contributed by atoms with Gasteiger partial charge in [-0.25, -0.2) is 18.4 Å². The van der Waals surface area contributed by atoms with Crippen LogP contribution in [0, 0.1) is 0 Å². The number of primary sulfonamides is 1. The van der Waals surface area contributed by atoms with E-state index in [-0.39, 0.29) is 4.90 Å². The van der Waals surface area contributed by atoms with Crippen molar-refractivity contribution in [1.29, 1.82) is 0 Å². The van der Waals surface area contributed by atoms with Crippen LogP contribution in [0.1, 0.15) is 5.56 Å². The molecule has 2 aliphatic heterocycles. The summed E-state index contributed by atoms with van der Waals surface area (Å²) in [6.07, 6.45) is 0. The number of barbiturate groups is 1. The summed E-state index contributed by atoms with van der Waals surface area (Å²) in [5.74, 6) is -1.39. The van der Waals surface area contributed by atoms with Crippen molar-refractivity contribution in [2.45, 2.75) is 10.4 Å². The number of hydrogen-bond donors (Lipinski definition) is 3. The van der Waals surface area contributed by atoms with Crippen molar-refractivity contribution in [3.8, 4) is 11.1 Å². The van der Waals surface area contributed by atoms with Gasteiger partial charge >= 0.3 is 6.03 Å². The highest BCUT2D eigenvalue weighted by Crippen LogP contribution is 2.34. The van der Waals surface area contributed by atoms with E-state index >= 15 is 0 Å². The summed E-state index contributed by atoms with van der Waals surface area (Å²) >= 11 is 0. The second kappa shape index (κ2) is 9.43. The van der Waals surface area contributed by atoms with Crippen LogP contribution in [0.5, 0.6) is 0 Å². The maximum Gasteiger partial charge on any atom is 0.328 e. The zero-order valence-electron chi connectivity index (χ0n) is 19.8. The summed E-state index contributed by atoms with van der Waals surface area (Å²) in [5.41, 5.74) is 1.46. The highest BCUT2D eigenvalue weighted by molar-refractivity contribution is 7.89. The highest BCUT2D eigenvalue weighted by atomic mass is 32.2. The van der Waals surface area contributed by atoms with Crippen molar-refractivity contribution < 1.29 is 22.8 Å². The van der Waals surface area contributed by atoms with Gasteiger partial charge in [0.05, 0.1) is 4.90 Å². The lowest BCUT2D eigenvalue weighted by Gasteiger charge is -2.47. The molecule has 11 heteroatoms. The summed E-state index contributed by atoms with van der Waals surface area (Å²) in [6.45, 7) is 1.61. The summed E-state index contributed by atoms with van der Waals surface area (Å²) in [5, 5.41) is 9.73. The average Bonchev–Trinajstić information content (AvgIpc) is 2.89. The molecule has 4 N–H and O–H groups in total. The molecule has 5 rings (SSSR count). The molecule has 2 heterocycles. The first kappa shape index (κ1) is 24.6. The van der Waals surface area contributed by atoms with Crippen molar-refractivity contribution in [2.75, 3.05) is 31.1 Å². The predicted octanol–water partition coefficient (Wildman–Crippen LogP) is 1.38. The van der Waals surface area contributed by atoms with Crippen LogP contribution in [0.25, 0.3) is 11.1 Å². The fraction of sp³-hybridized carbons (Fsp3) is 0.192. The molecule has 0 atom stereocenters. The van der Waals surface area contributed by atoms with Crippen LogP contribution in [-0.4, -0.2) is 57.3 Å². The zero-order valence-corrected chi connectivity index (χ0v) is 20.6. The number of urea groups is 1. The van der Waals surface area contributed by atoms with Gasteiger partial charge in [0.1, 0.15) is 0 Å². The maximum atomic E-state index is 13.4. The van der Waals surface area contributed by atoms with Crippen molar-refractivity contribution in [3.05, 3.63) is 84.4 Å². The number of nitrogens with zero attached hydrogens (tertiary/aromatic N) is 2.